The van der Waals surface area contributed by atoms with Crippen molar-refractivity contribution in [3.8, 4) is 5.75 Å². The van der Waals surface area contributed by atoms with E-state index in [0.717, 1.165) is 28.0 Å². The predicted molar refractivity (Wildman–Crippen MR) is 68.2 cm³/mol. The van der Waals surface area contributed by atoms with Crippen LogP contribution in [0.1, 0.15) is 22.3 Å². The van der Waals surface area contributed by atoms with Crippen LogP contribution in [0.3, 0.4) is 0 Å². The maximum Gasteiger partial charge on any atom is 0.309 e. The van der Waals surface area contributed by atoms with Gasteiger partial charge in [0.2, 0.25) is 0 Å². The monoisotopic (exact) mass is 250 g/mol. The largest absolute Gasteiger partial charge is 0.496 e. The molecular formula is C13H18N2O3. The molecule has 0 fully saturated rings. The summed E-state index contributed by atoms with van der Waals surface area (Å²) in [5.74, 6) is -0.910. The molecule has 3 N–H and O–H groups in total. The van der Waals surface area contributed by atoms with Gasteiger partial charge in [-0.1, -0.05) is 6.07 Å². The van der Waals surface area contributed by atoms with Crippen LogP contribution in [0.25, 0.3) is 0 Å². The first kappa shape index (κ1) is 14.0. The fourth-order valence-corrected chi connectivity index (χ4v) is 1.90. The number of carbonyl (C=O) groups is 2. The number of nitrogens with one attached hydrogen (secondary N) is 1. The summed E-state index contributed by atoms with van der Waals surface area (Å²) in [5, 5.41) is 2.48. The Balaban J connectivity index is 2.98. The van der Waals surface area contributed by atoms with Crippen molar-refractivity contribution in [2.75, 3.05) is 7.11 Å². The fraction of sp³-hybridized carbons (Fsp3) is 0.385. The first-order valence-corrected chi connectivity index (χ1v) is 5.59. The van der Waals surface area contributed by atoms with Crippen molar-refractivity contribution in [1.29, 1.82) is 0 Å². The normalized spacial score (nSPS) is 10.0. The Hall–Kier alpha value is -2.04. The van der Waals surface area contributed by atoms with Gasteiger partial charge in [-0.3, -0.25) is 9.59 Å². The fourth-order valence-electron chi connectivity index (χ4n) is 1.90. The van der Waals surface area contributed by atoms with Crippen molar-refractivity contribution in [2.45, 2.75) is 27.3 Å². The van der Waals surface area contributed by atoms with Gasteiger partial charge in [-0.15, -0.1) is 0 Å². The third kappa shape index (κ3) is 2.80. The highest BCUT2D eigenvalue weighted by Crippen LogP contribution is 2.28. The van der Waals surface area contributed by atoms with E-state index in [1.807, 2.05) is 26.8 Å². The topological polar surface area (TPSA) is 81.4 Å². The van der Waals surface area contributed by atoms with Crippen LogP contribution in [0.15, 0.2) is 6.07 Å². The third-order valence-corrected chi connectivity index (χ3v) is 3.00. The van der Waals surface area contributed by atoms with Gasteiger partial charge in [-0.2, -0.15) is 0 Å². The van der Waals surface area contributed by atoms with Gasteiger partial charge in [0.1, 0.15) is 5.75 Å². The lowest BCUT2D eigenvalue weighted by molar-refractivity contribution is -0.137. The minimum atomic E-state index is -0.977. The Labute approximate surface area is 106 Å². The average Bonchev–Trinajstić information content (AvgIpc) is 2.32. The summed E-state index contributed by atoms with van der Waals surface area (Å²) >= 11 is 0. The van der Waals surface area contributed by atoms with Crippen LogP contribution in [0.5, 0.6) is 5.75 Å². The van der Waals surface area contributed by atoms with Gasteiger partial charge < -0.3 is 15.8 Å². The number of rotatable bonds is 3. The molecule has 0 aromatic heterocycles. The number of aryl methyl sites for hydroxylation is 1. The van der Waals surface area contributed by atoms with Gasteiger partial charge in [0, 0.05) is 6.54 Å². The molecule has 18 heavy (non-hydrogen) atoms. The first-order chi connectivity index (χ1) is 8.38. The van der Waals surface area contributed by atoms with Crippen molar-refractivity contribution in [1.82, 2.24) is 5.32 Å². The number of hydrogen-bond acceptors (Lipinski definition) is 3. The van der Waals surface area contributed by atoms with E-state index in [-0.39, 0.29) is 6.54 Å². The zero-order valence-electron chi connectivity index (χ0n) is 11.1. The molecule has 5 nitrogen and oxygen atoms in total. The van der Waals surface area contributed by atoms with Crippen molar-refractivity contribution < 1.29 is 14.3 Å². The number of amides is 2. The summed E-state index contributed by atoms with van der Waals surface area (Å²) in [6.45, 7) is 6.12. The molecule has 1 rings (SSSR count). The summed E-state index contributed by atoms with van der Waals surface area (Å²) < 4.78 is 5.31. The molecule has 0 saturated heterocycles. The molecule has 2 amide bonds. The summed E-state index contributed by atoms with van der Waals surface area (Å²) in [6, 6.07) is 1.93. The van der Waals surface area contributed by atoms with Crippen LogP contribution in [0.2, 0.25) is 0 Å². The van der Waals surface area contributed by atoms with Gasteiger partial charge in [-0.05, 0) is 43.0 Å². The van der Waals surface area contributed by atoms with E-state index in [0.29, 0.717) is 0 Å². The number of primary amides is 1. The quantitative estimate of drug-likeness (QED) is 0.776. The molecule has 0 atom stereocenters. The van der Waals surface area contributed by atoms with Crippen molar-refractivity contribution in [3.63, 3.8) is 0 Å². The average molecular weight is 250 g/mol. The van der Waals surface area contributed by atoms with Gasteiger partial charge in [0.05, 0.1) is 7.11 Å². The van der Waals surface area contributed by atoms with E-state index in [2.05, 4.69) is 5.32 Å². The van der Waals surface area contributed by atoms with Crippen LogP contribution in [0.4, 0.5) is 0 Å². The van der Waals surface area contributed by atoms with Crippen molar-refractivity contribution >= 4 is 11.8 Å². The lowest BCUT2D eigenvalue weighted by Gasteiger charge is -2.15. The number of benzene rings is 1. The highest BCUT2D eigenvalue weighted by Gasteiger charge is 2.13. The number of carbonyl (C=O) groups excluding carboxylic acids is 2. The maximum absolute atomic E-state index is 11.1. The van der Waals surface area contributed by atoms with Gasteiger partial charge >= 0.3 is 11.8 Å². The molecule has 0 aliphatic rings. The molecule has 0 aliphatic heterocycles. The molecule has 0 spiro atoms. The summed E-state index contributed by atoms with van der Waals surface area (Å²) in [6.07, 6.45) is 0. The summed E-state index contributed by atoms with van der Waals surface area (Å²) in [7, 11) is 1.63. The molecule has 0 unspecified atom stereocenters. The van der Waals surface area contributed by atoms with Crippen LogP contribution >= 0.6 is 0 Å². The minimum Gasteiger partial charge on any atom is -0.496 e. The van der Waals surface area contributed by atoms with E-state index < -0.39 is 11.8 Å². The Morgan fingerprint density at radius 2 is 1.89 bits per heavy atom. The molecule has 5 heteroatoms. The smallest absolute Gasteiger partial charge is 0.309 e. The van der Waals surface area contributed by atoms with E-state index in [9.17, 15) is 9.59 Å². The maximum atomic E-state index is 11.1. The molecule has 0 aliphatic carbocycles. The Morgan fingerprint density at radius 3 is 2.39 bits per heavy atom. The van der Waals surface area contributed by atoms with Gasteiger partial charge in [0.15, 0.2) is 0 Å². The lowest BCUT2D eigenvalue weighted by atomic mass is 9.98. The number of methoxy groups -OCH3 is 1. The number of ether oxygens (including phenoxy) is 1. The van der Waals surface area contributed by atoms with Crippen molar-refractivity contribution in [3.05, 3.63) is 28.3 Å². The number of hydrogen-bond donors (Lipinski definition) is 2. The van der Waals surface area contributed by atoms with Crippen LogP contribution < -0.4 is 15.8 Å². The molecule has 0 saturated carbocycles. The molecular weight excluding hydrogens is 232 g/mol. The van der Waals surface area contributed by atoms with E-state index in [1.54, 1.807) is 7.11 Å². The SMILES string of the molecule is COc1c(C)cc(CNC(=O)C(N)=O)c(C)c1C. The molecule has 0 radical (unpaired) electrons. The lowest BCUT2D eigenvalue weighted by Crippen LogP contribution is -2.35. The van der Waals surface area contributed by atoms with E-state index in [1.165, 1.54) is 0 Å². The zero-order valence-corrected chi connectivity index (χ0v) is 11.1. The van der Waals surface area contributed by atoms with Gasteiger partial charge in [-0.25, -0.2) is 0 Å². The van der Waals surface area contributed by atoms with E-state index in [4.69, 9.17) is 10.5 Å². The van der Waals surface area contributed by atoms with Gasteiger partial charge in [0.25, 0.3) is 0 Å². The molecule has 0 heterocycles. The second-order valence-corrected chi connectivity index (χ2v) is 4.18. The van der Waals surface area contributed by atoms with Crippen molar-refractivity contribution in [2.24, 2.45) is 5.73 Å². The Morgan fingerprint density at radius 1 is 1.28 bits per heavy atom. The highest BCUT2D eigenvalue weighted by atomic mass is 16.5. The Bertz CT molecular complexity index is 495. The number of nitrogens with two attached hydrogens (primary N) is 1. The van der Waals surface area contributed by atoms with Crippen LogP contribution in [-0.4, -0.2) is 18.9 Å². The standard InChI is InChI=1S/C13H18N2O3/c1-7-5-10(6-15-13(17)12(14)16)8(2)9(3)11(7)18-4/h5H,6H2,1-4H3,(H2,14,16)(H,15,17). The third-order valence-electron chi connectivity index (χ3n) is 3.00. The molecule has 1 aromatic rings. The zero-order chi connectivity index (χ0) is 13.9. The minimum absolute atomic E-state index is 0.277. The van der Waals surface area contributed by atoms with Crippen LogP contribution in [-0.2, 0) is 16.1 Å². The summed E-state index contributed by atoms with van der Waals surface area (Å²) in [5.41, 5.74) is 8.87. The first-order valence-electron chi connectivity index (χ1n) is 5.59. The molecule has 0 bridgehead atoms. The highest BCUT2D eigenvalue weighted by molar-refractivity contribution is 6.34. The Kier molecular flexibility index (Phi) is 4.31. The predicted octanol–water partition coefficient (Wildman–Crippen LogP) is 0.722. The molecule has 98 valence electrons. The second kappa shape index (κ2) is 5.53. The molecule has 1 aromatic carbocycles. The summed E-state index contributed by atoms with van der Waals surface area (Å²) in [4.78, 5) is 21.7. The van der Waals surface area contributed by atoms with E-state index >= 15 is 0 Å². The van der Waals surface area contributed by atoms with Crippen LogP contribution in [0, 0.1) is 20.8 Å². The second-order valence-electron chi connectivity index (χ2n) is 4.18.